The fourth-order valence-corrected chi connectivity index (χ4v) is 0.494. The number of rotatable bonds is 3. The Hall–Kier alpha value is 0.866. The molecule has 0 aromatic heterocycles. The van der Waals surface area contributed by atoms with Crippen LogP contribution in [-0.4, -0.2) is 23.9 Å². The van der Waals surface area contributed by atoms with Gasteiger partial charge in [0.1, 0.15) is 0 Å². The van der Waals surface area contributed by atoms with E-state index in [9.17, 15) is 48.3 Å². The second-order valence-corrected chi connectivity index (χ2v) is 2.48. The molecule has 0 fully saturated rings. The molecule has 0 saturated carbocycles. The Morgan fingerprint density at radius 1 is 0.588 bits per heavy atom. The molecule has 0 saturated heterocycles. The van der Waals surface area contributed by atoms with Gasteiger partial charge < -0.3 is 8.78 Å². The van der Waals surface area contributed by atoms with E-state index in [1.165, 1.54) is 0 Å². The van der Waals surface area contributed by atoms with Crippen LogP contribution in [0, 0.1) is 6.43 Å². The molecule has 17 heavy (non-hydrogen) atoms. The van der Waals surface area contributed by atoms with Gasteiger partial charge in [0.15, 0.2) is 0 Å². The summed E-state index contributed by atoms with van der Waals surface area (Å²) in [6, 6.07) is 0. The van der Waals surface area contributed by atoms with Gasteiger partial charge in [0, 0.05) is 0 Å². The molecule has 12 heteroatoms. The van der Waals surface area contributed by atoms with Crippen molar-refractivity contribution < 1.29 is 99.7 Å². The summed E-state index contributed by atoms with van der Waals surface area (Å²) >= 11 is 0. The summed E-state index contributed by atoms with van der Waals surface area (Å²) in [6.07, 6.45) is -11.6. The number of alkyl halides is 9. The van der Waals surface area contributed by atoms with E-state index in [1.54, 1.807) is 0 Å². The molecule has 0 rings (SSSR count). The maximum atomic E-state index is 12.0. The molecule has 0 aliphatic carbocycles. The molecule has 0 nitrogen and oxygen atoms in total. The van der Waals surface area contributed by atoms with Crippen molar-refractivity contribution in [3.05, 3.63) is 6.43 Å². The first-order valence-electron chi connectivity index (χ1n) is 3.08. The molecule has 0 aromatic carbocycles. The van der Waals surface area contributed by atoms with E-state index < -0.39 is 30.4 Å². The molecular weight excluding hydrogens is 308 g/mol. The fourth-order valence-electron chi connectivity index (χ4n) is 0.494. The van der Waals surface area contributed by atoms with E-state index in [0.29, 0.717) is 0 Å². The van der Waals surface area contributed by atoms with Crippen LogP contribution in [0.5, 0.6) is 0 Å². The molecule has 98 valence electrons. The van der Waals surface area contributed by atoms with Crippen LogP contribution in [0.25, 0.3) is 0 Å². The maximum Gasteiger partial charge on any atom is 1.00 e. The first-order valence-corrected chi connectivity index (χ1v) is 3.08. The third kappa shape index (κ3) is 3.25. The number of hydrogen-bond acceptors (Lipinski definition) is 0. The smallest absolute Gasteiger partial charge is 0.415 e. The average molecular weight is 308 g/mol. The summed E-state index contributed by atoms with van der Waals surface area (Å²) in [5.74, 6) is -21.4. The second-order valence-electron chi connectivity index (χ2n) is 2.48. The zero-order valence-electron chi connectivity index (χ0n) is 7.66. The van der Waals surface area contributed by atoms with Crippen LogP contribution in [0.15, 0.2) is 0 Å². The Bertz CT molecular complexity index is 253. The topological polar surface area (TPSA) is 0 Å². The standard InChI is InChI=1S/C5F11.K/c6-1(7)2(8,9)3(10,11)4(12,13)5(14,15)16;/q-1;+1. The summed E-state index contributed by atoms with van der Waals surface area (Å²) in [5, 5.41) is 0. The molecule has 0 aliphatic heterocycles. The molecule has 0 radical (unpaired) electrons. The van der Waals surface area contributed by atoms with Crippen LogP contribution in [0.2, 0.25) is 0 Å². The monoisotopic (exact) mass is 308 g/mol. The minimum atomic E-state index is -7.28. The van der Waals surface area contributed by atoms with Gasteiger partial charge in [0.25, 0.3) is 5.92 Å². The molecule has 0 aliphatic rings. The van der Waals surface area contributed by atoms with E-state index >= 15 is 0 Å². The van der Waals surface area contributed by atoms with Gasteiger partial charge in [-0.15, -0.1) is 0 Å². The number of hydrogen-bond donors (Lipinski definition) is 0. The van der Waals surface area contributed by atoms with E-state index in [4.69, 9.17) is 0 Å². The van der Waals surface area contributed by atoms with Crippen molar-refractivity contribution in [2.24, 2.45) is 0 Å². The molecule has 0 bridgehead atoms. The Morgan fingerprint density at radius 3 is 1.06 bits per heavy atom. The second kappa shape index (κ2) is 5.47. The van der Waals surface area contributed by atoms with Gasteiger partial charge >= 0.3 is 69.4 Å². The molecule has 0 unspecified atom stereocenters. The Labute approximate surface area is 129 Å². The van der Waals surface area contributed by atoms with Gasteiger partial charge in [0.2, 0.25) is 0 Å². The minimum Gasteiger partial charge on any atom is -0.415 e. The van der Waals surface area contributed by atoms with Crippen molar-refractivity contribution in [2.75, 3.05) is 0 Å². The van der Waals surface area contributed by atoms with Crippen LogP contribution in [0.1, 0.15) is 0 Å². The van der Waals surface area contributed by atoms with Crippen LogP contribution in [0.3, 0.4) is 0 Å². The minimum absolute atomic E-state index is 0. The molecule has 0 aromatic rings. The predicted molar refractivity (Wildman–Crippen MR) is 26.4 cm³/mol. The Balaban J connectivity index is 0. The van der Waals surface area contributed by atoms with E-state index in [1.807, 2.05) is 0 Å². The van der Waals surface area contributed by atoms with Crippen LogP contribution in [0.4, 0.5) is 48.3 Å². The molecular formula is C5F11K. The van der Waals surface area contributed by atoms with Crippen LogP contribution in [-0.2, 0) is 0 Å². The Morgan fingerprint density at radius 2 is 0.882 bits per heavy atom. The summed E-state index contributed by atoms with van der Waals surface area (Å²) in [6.45, 7) is 0. The molecule has 0 N–H and O–H groups in total. The van der Waals surface area contributed by atoms with E-state index in [0.717, 1.165) is 0 Å². The maximum absolute atomic E-state index is 12.0. The van der Waals surface area contributed by atoms with Crippen molar-refractivity contribution in [2.45, 2.75) is 23.9 Å². The van der Waals surface area contributed by atoms with Gasteiger partial charge in [-0.1, -0.05) is 0 Å². The predicted octanol–water partition coefficient (Wildman–Crippen LogP) is 0.887. The van der Waals surface area contributed by atoms with Crippen molar-refractivity contribution >= 4 is 0 Å². The molecule has 0 heterocycles. The zero-order chi connectivity index (χ0) is 13.6. The van der Waals surface area contributed by atoms with Gasteiger partial charge in [-0.3, -0.25) is 0 Å². The van der Waals surface area contributed by atoms with Crippen molar-refractivity contribution in [3.8, 4) is 0 Å². The Kier molecular flexibility index (Phi) is 6.49. The fraction of sp³-hybridized carbons (Fsp3) is 0.800. The number of halogens is 11. The summed E-state index contributed by atoms with van der Waals surface area (Å²) in [7, 11) is 0. The van der Waals surface area contributed by atoms with Gasteiger partial charge in [-0.05, 0) is 0 Å². The van der Waals surface area contributed by atoms with Gasteiger partial charge in [-0.2, -0.15) is 30.7 Å². The largest absolute Gasteiger partial charge is 1.00 e. The third-order valence-corrected chi connectivity index (χ3v) is 1.38. The third-order valence-electron chi connectivity index (χ3n) is 1.38. The SMILES string of the molecule is F[C-](F)C(F)(F)C(F)(F)C(F)(F)C(F)(F)F.[K+]. The van der Waals surface area contributed by atoms with Gasteiger partial charge in [-0.25, -0.2) is 8.78 Å². The summed E-state index contributed by atoms with van der Waals surface area (Å²) < 4.78 is 128. The van der Waals surface area contributed by atoms with Crippen molar-refractivity contribution in [3.63, 3.8) is 0 Å². The zero-order valence-corrected chi connectivity index (χ0v) is 10.8. The average Bonchev–Trinajstić information content (AvgIpc) is 2.00. The van der Waals surface area contributed by atoms with E-state index in [-0.39, 0.29) is 51.4 Å². The van der Waals surface area contributed by atoms with E-state index in [2.05, 4.69) is 0 Å². The van der Waals surface area contributed by atoms with Crippen LogP contribution < -0.4 is 51.4 Å². The van der Waals surface area contributed by atoms with Crippen LogP contribution >= 0.6 is 0 Å². The first kappa shape index (κ1) is 20.2. The first-order chi connectivity index (χ1) is 6.69. The molecule has 0 amide bonds. The van der Waals surface area contributed by atoms with Crippen molar-refractivity contribution in [1.82, 2.24) is 0 Å². The summed E-state index contributed by atoms with van der Waals surface area (Å²) in [4.78, 5) is 0. The quantitative estimate of drug-likeness (QED) is 0.413. The summed E-state index contributed by atoms with van der Waals surface area (Å²) in [5.41, 5.74) is 0. The normalized spacial score (nSPS) is 14.8. The molecule has 0 spiro atoms. The van der Waals surface area contributed by atoms with Crippen molar-refractivity contribution in [1.29, 1.82) is 0 Å². The van der Waals surface area contributed by atoms with Gasteiger partial charge in [0.05, 0.1) is 6.43 Å². The molecule has 0 atom stereocenters.